The summed E-state index contributed by atoms with van der Waals surface area (Å²) in [6.07, 6.45) is 2.47. The van der Waals surface area contributed by atoms with E-state index in [-0.39, 0.29) is 5.54 Å². The van der Waals surface area contributed by atoms with Crippen molar-refractivity contribution in [2.45, 2.75) is 25.8 Å². The number of nitrogens with one attached hydrogen (secondary N) is 2. The van der Waals surface area contributed by atoms with Gasteiger partial charge in [0.2, 0.25) is 0 Å². The smallest absolute Gasteiger partial charge is 0.129 e. The summed E-state index contributed by atoms with van der Waals surface area (Å²) in [7, 11) is 0. The van der Waals surface area contributed by atoms with Crippen LogP contribution in [0.15, 0.2) is 34.9 Å². The average molecular weight is 331 g/mol. The highest BCUT2D eigenvalue weighted by molar-refractivity contribution is 9.10. The van der Waals surface area contributed by atoms with Crippen molar-refractivity contribution in [2.75, 3.05) is 0 Å². The molecule has 1 aliphatic rings. The fourth-order valence-electron chi connectivity index (χ4n) is 2.59. The van der Waals surface area contributed by atoms with E-state index in [2.05, 4.69) is 50.3 Å². The van der Waals surface area contributed by atoms with Crippen molar-refractivity contribution in [3.8, 4) is 0 Å². The van der Waals surface area contributed by atoms with Gasteiger partial charge in [0.25, 0.3) is 0 Å². The molecule has 5 heteroatoms. The summed E-state index contributed by atoms with van der Waals surface area (Å²) < 4.78 is 1.04. The molecular formula is C15H15BrN4. The SMILES string of the molecule is Cc1ncc2c(n1)C[C@@](C)(c1cccc(Br)c1)NC2=N. The topological polar surface area (TPSA) is 61.7 Å². The number of aromatic nitrogens is 2. The molecule has 0 aliphatic carbocycles. The van der Waals surface area contributed by atoms with E-state index in [4.69, 9.17) is 5.41 Å². The molecular weight excluding hydrogens is 316 g/mol. The number of aryl methyl sites for hydroxylation is 1. The van der Waals surface area contributed by atoms with Gasteiger partial charge in [0.05, 0.1) is 16.8 Å². The van der Waals surface area contributed by atoms with Crippen molar-refractivity contribution >= 4 is 21.8 Å². The average Bonchev–Trinajstić information content (AvgIpc) is 2.38. The molecule has 102 valence electrons. The molecule has 2 heterocycles. The number of hydrogen-bond donors (Lipinski definition) is 2. The highest BCUT2D eigenvalue weighted by atomic mass is 79.9. The first-order valence-corrected chi connectivity index (χ1v) is 7.23. The van der Waals surface area contributed by atoms with Gasteiger partial charge in [-0.2, -0.15) is 0 Å². The van der Waals surface area contributed by atoms with Crippen molar-refractivity contribution in [1.29, 1.82) is 5.41 Å². The van der Waals surface area contributed by atoms with Crippen molar-refractivity contribution in [3.63, 3.8) is 0 Å². The Kier molecular flexibility index (Phi) is 3.09. The molecule has 1 aromatic heterocycles. The molecule has 2 aromatic rings. The second kappa shape index (κ2) is 4.66. The van der Waals surface area contributed by atoms with Crippen LogP contribution in [0.1, 0.15) is 29.6 Å². The monoisotopic (exact) mass is 330 g/mol. The largest absolute Gasteiger partial charge is 0.360 e. The lowest BCUT2D eigenvalue weighted by Gasteiger charge is -2.37. The van der Waals surface area contributed by atoms with E-state index in [1.54, 1.807) is 6.20 Å². The van der Waals surface area contributed by atoms with E-state index in [0.717, 1.165) is 33.5 Å². The minimum Gasteiger partial charge on any atom is -0.360 e. The van der Waals surface area contributed by atoms with Gasteiger partial charge in [0.15, 0.2) is 0 Å². The number of hydrogen-bond acceptors (Lipinski definition) is 3. The van der Waals surface area contributed by atoms with Crippen LogP contribution in [0, 0.1) is 12.3 Å². The molecule has 4 nitrogen and oxygen atoms in total. The number of amidine groups is 1. The molecule has 0 saturated heterocycles. The standard InChI is InChI=1S/C15H15BrN4/c1-9-18-8-12-13(19-9)7-15(2,20-14(12)17)10-4-3-5-11(16)6-10/h3-6,8H,7H2,1-2H3,(H2,17,20)/t15-/m0/s1. The number of fused-ring (bicyclic) bond motifs is 1. The molecule has 0 amide bonds. The molecule has 0 radical (unpaired) electrons. The summed E-state index contributed by atoms with van der Waals surface area (Å²) in [6.45, 7) is 3.98. The zero-order valence-electron chi connectivity index (χ0n) is 11.4. The van der Waals surface area contributed by atoms with Crippen molar-refractivity contribution in [3.05, 3.63) is 57.6 Å². The minimum atomic E-state index is -0.325. The third kappa shape index (κ3) is 2.22. The third-order valence-corrected chi connectivity index (χ3v) is 4.13. The highest BCUT2D eigenvalue weighted by Gasteiger charge is 2.35. The number of benzene rings is 1. The third-order valence-electron chi connectivity index (χ3n) is 3.64. The Hall–Kier alpha value is -1.75. The molecule has 0 bridgehead atoms. The maximum atomic E-state index is 8.20. The summed E-state index contributed by atoms with van der Waals surface area (Å²) in [5, 5.41) is 11.5. The normalized spacial score (nSPS) is 21.2. The van der Waals surface area contributed by atoms with Gasteiger partial charge in [-0.25, -0.2) is 9.97 Å². The predicted octanol–water partition coefficient (Wildman–Crippen LogP) is 2.93. The zero-order valence-corrected chi connectivity index (χ0v) is 13.0. The second-order valence-corrected chi connectivity index (χ2v) is 6.21. The van der Waals surface area contributed by atoms with Gasteiger partial charge in [-0.15, -0.1) is 0 Å². The molecule has 0 unspecified atom stereocenters. The van der Waals surface area contributed by atoms with Crippen LogP contribution in [0.5, 0.6) is 0 Å². The fourth-order valence-corrected chi connectivity index (χ4v) is 2.99. The maximum Gasteiger partial charge on any atom is 0.129 e. The number of rotatable bonds is 1. The van der Waals surface area contributed by atoms with Gasteiger partial charge in [-0.05, 0) is 31.5 Å². The van der Waals surface area contributed by atoms with E-state index in [1.165, 1.54) is 0 Å². The minimum absolute atomic E-state index is 0.325. The quantitative estimate of drug-likeness (QED) is 0.845. The summed E-state index contributed by atoms with van der Waals surface area (Å²) >= 11 is 3.50. The Balaban J connectivity index is 2.07. The van der Waals surface area contributed by atoms with Crippen LogP contribution in [-0.4, -0.2) is 15.8 Å². The van der Waals surface area contributed by atoms with Crippen LogP contribution in [0.2, 0.25) is 0 Å². The Morgan fingerprint density at radius 3 is 2.95 bits per heavy atom. The van der Waals surface area contributed by atoms with Gasteiger partial charge in [0.1, 0.15) is 11.7 Å². The Labute approximate surface area is 126 Å². The molecule has 1 aliphatic heterocycles. The van der Waals surface area contributed by atoms with Gasteiger partial charge >= 0.3 is 0 Å². The van der Waals surface area contributed by atoms with Crippen LogP contribution >= 0.6 is 15.9 Å². The lowest BCUT2D eigenvalue weighted by atomic mass is 9.83. The first-order chi connectivity index (χ1) is 9.48. The van der Waals surface area contributed by atoms with E-state index in [9.17, 15) is 0 Å². The van der Waals surface area contributed by atoms with Crippen LogP contribution in [-0.2, 0) is 12.0 Å². The molecule has 20 heavy (non-hydrogen) atoms. The molecule has 1 atom stereocenters. The van der Waals surface area contributed by atoms with Gasteiger partial charge in [-0.3, -0.25) is 5.41 Å². The van der Waals surface area contributed by atoms with Gasteiger partial charge < -0.3 is 5.32 Å². The van der Waals surface area contributed by atoms with Crippen LogP contribution in [0.25, 0.3) is 0 Å². The van der Waals surface area contributed by atoms with E-state index in [1.807, 2.05) is 19.1 Å². The molecule has 1 aromatic carbocycles. The molecule has 2 N–H and O–H groups in total. The summed E-state index contributed by atoms with van der Waals surface area (Å²) in [4.78, 5) is 8.68. The second-order valence-electron chi connectivity index (χ2n) is 5.30. The summed E-state index contributed by atoms with van der Waals surface area (Å²) in [5.41, 5.74) is 2.54. The molecule has 0 fully saturated rings. The van der Waals surface area contributed by atoms with Crippen molar-refractivity contribution < 1.29 is 0 Å². The molecule has 0 spiro atoms. The van der Waals surface area contributed by atoms with E-state index >= 15 is 0 Å². The van der Waals surface area contributed by atoms with E-state index in [0.29, 0.717) is 5.84 Å². The highest BCUT2D eigenvalue weighted by Crippen LogP contribution is 2.31. The first-order valence-electron chi connectivity index (χ1n) is 6.44. The zero-order chi connectivity index (χ0) is 14.3. The Morgan fingerprint density at radius 1 is 1.40 bits per heavy atom. The predicted molar refractivity (Wildman–Crippen MR) is 81.9 cm³/mol. The molecule has 3 rings (SSSR count). The lowest BCUT2D eigenvalue weighted by Crippen LogP contribution is -2.49. The van der Waals surface area contributed by atoms with Crippen LogP contribution in [0.4, 0.5) is 0 Å². The lowest BCUT2D eigenvalue weighted by molar-refractivity contribution is 0.415. The Bertz CT molecular complexity index is 698. The first kappa shape index (κ1) is 13.2. The number of nitrogens with zero attached hydrogens (tertiary/aromatic N) is 2. The van der Waals surface area contributed by atoms with Gasteiger partial charge in [0, 0.05) is 17.1 Å². The maximum absolute atomic E-state index is 8.20. The number of halogens is 1. The fraction of sp³-hybridized carbons (Fsp3) is 0.267. The van der Waals surface area contributed by atoms with Crippen LogP contribution in [0.3, 0.4) is 0 Å². The van der Waals surface area contributed by atoms with Crippen molar-refractivity contribution in [1.82, 2.24) is 15.3 Å². The molecule has 0 saturated carbocycles. The summed E-state index contributed by atoms with van der Waals surface area (Å²) in [5.74, 6) is 1.13. The summed E-state index contributed by atoms with van der Waals surface area (Å²) in [6, 6.07) is 8.17. The Morgan fingerprint density at radius 2 is 2.20 bits per heavy atom. The van der Waals surface area contributed by atoms with Crippen LogP contribution < -0.4 is 5.32 Å². The van der Waals surface area contributed by atoms with E-state index < -0.39 is 0 Å². The van der Waals surface area contributed by atoms with Gasteiger partial charge in [-0.1, -0.05) is 28.1 Å². The van der Waals surface area contributed by atoms with Crippen molar-refractivity contribution in [2.24, 2.45) is 0 Å².